The summed E-state index contributed by atoms with van der Waals surface area (Å²) in [5.41, 5.74) is 8.38. The van der Waals surface area contributed by atoms with E-state index in [0.29, 0.717) is 34.9 Å². The molecule has 3 rings (SSSR count). The van der Waals surface area contributed by atoms with E-state index in [-0.39, 0.29) is 5.96 Å². The summed E-state index contributed by atoms with van der Waals surface area (Å²) in [6.07, 6.45) is 0.479. The smallest absolute Gasteiger partial charge is 0.213 e. The molecule has 1 heterocycles. The van der Waals surface area contributed by atoms with E-state index in [1.54, 1.807) is 20.3 Å². The summed E-state index contributed by atoms with van der Waals surface area (Å²) in [6.45, 7) is 0. The highest BCUT2D eigenvalue weighted by Gasteiger charge is 2.16. The molecular weight excluding hydrogens is 332 g/mol. The van der Waals surface area contributed by atoms with E-state index in [1.165, 1.54) is 0 Å². The maximum Gasteiger partial charge on any atom is 0.213 e. The van der Waals surface area contributed by atoms with Crippen LogP contribution in [0.25, 0.3) is 22.2 Å². The van der Waals surface area contributed by atoms with Gasteiger partial charge in [-0.1, -0.05) is 24.3 Å². The number of hydrogen-bond donors (Lipinski definition) is 2. The Morgan fingerprint density at radius 2 is 1.81 bits per heavy atom. The molecule has 1 aromatic heterocycles. The van der Waals surface area contributed by atoms with E-state index in [9.17, 15) is 4.79 Å². The van der Waals surface area contributed by atoms with Gasteiger partial charge in [0.05, 0.1) is 36.7 Å². The standard InChI is InChI=1S/C19H18N4O3/c1-25-16-8-5-9-17(26-2)18(16)15-10-14(23-19(20)21-11-24)12-6-3-4-7-13(12)22-15/h3-11H,1-2H3,(H3,20,21,22,23,24). The first-order chi connectivity index (χ1) is 12.7. The van der Waals surface area contributed by atoms with Crippen LogP contribution in [0.2, 0.25) is 0 Å². The maximum atomic E-state index is 10.6. The van der Waals surface area contributed by atoms with Gasteiger partial charge in [-0.15, -0.1) is 0 Å². The van der Waals surface area contributed by atoms with Crippen LogP contribution >= 0.6 is 0 Å². The van der Waals surface area contributed by atoms with Crippen molar-refractivity contribution in [1.29, 1.82) is 0 Å². The lowest BCUT2D eigenvalue weighted by molar-refractivity contribution is -0.108. The Balaban J connectivity index is 2.29. The van der Waals surface area contributed by atoms with Gasteiger partial charge < -0.3 is 15.2 Å². The van der Waals surface area contributed by atoms with Crippen molar-refractivity contribution in [2.45, 2.75) is 0 Å². The Bertz CT molecular complexity index is 963. The number of amides is 1. The Morgan fingerprint density at radius 3 is 2.46 bits per heavy atom. The molecule has 0 aliphatic rings. The summed E-state index contributed by atoms with van der Waals surface area (Å²) in [4.78, 5) is 19.6. The summed E-state index contributed by atoms with van der Waals surface area (Å²) < 4.78 is 10.9. The van der Waals surface area contributed by atoms with Crippen molar-refractivity contribution in [3.63, 3.8) is 0 Å². The minimum Gasteiger partial charge on any atom is -0.496 e. The lowest BCUT2D eigenvalue weighted by Gasteiger charge is -2.14. The van der Waals surface area contributed by atoms with Gasteiger partial charge >= 0.3 is 0 Å². The first kappa shape index (κ1) is 17.2. The number of pyridine rings is 1. The number of para-hydroxylation sites is 1. The average Bonchev–Trinajstić information content (AvgIpc) is 2.67. The fourth-order valence-electron chi connectivity index (χ4n) is 2.70. The third kappa shape index (κ3) is 3.27. The van der Waals surface area contributed by atoms with Gasteiger partial charge in [-0.25, -0.2) is 9.98 Å². The first-order valence-electron chi connectivity index (χ1n) is 7.83. The Hall–Kier alpha value is -3.61. The van der Waals surface area contributed by atoms with Crippen molar-refractivity contribution in [2.75, 3.05) is 14.2 Å². The van der Waals surface area contributed by atoms with Crippen LogP contribution in [0.4, 0.5) is 5.69 Å². The highest BCUT2D eigenvalue weighted by Crippen LogP contribution is 2.40. The predicted octanol–water partition coefficient (Wildman–Crippen LogP) is 2.61. The van der Waals surface area contributed by atoms with Crippen molar-refractivity contribution in [2.24, 2.45) is 10.7 Å². The van der Waals surface area contributed by atoms with Gasteiger partial charge in [-0.3, -0.25) is 10.1 Å². The van der Waals surface area contributed by atoms with E-state index in [4.69, 9.17) is 20.2 Å². The highest BCUT2D eigenvalue weighted by atomic mass is 16.5. The van der Waals surface area contributed by atoms with E-state index in [2.05, 4.69) is 10.3 Å². The molecule has 3 aromatic rings. The van der Waals surface area contributed by atoms with Crippen LogP contribution in [-0.4, -0.2) is 31.6 Å². The fourth-order valence-corrected chi connectivity index (χ4v) is 2.70. The lowest BCUT2D eigenvalue weighted by Crippen LogP contribution is -2.29. The predicted molar refractivity (Wildman–Crippen MR) is 101 cm³/mol. The van der Waals surface area contributed by atoms with Crippen molar-refractivity contribution >= 4 is 29.0 Å². The monoisotopic (exact) mass is 350 g/mol. The van der Waals surface area contributed by atoms with Gasteiger partial charge in [0.25, 0.3) is 0 Å². The van der Waals surface area contributed by atoms with Gasteiger partial charge in [-0.05, 0) is 24.3 Å². The normalized spacial score (nSPS) is 11.2. The molecule has 0 saturated heterocycles. The lowest BCUT2D eigenvalue weighted by atomic mass is 10.1. The summed E-state index contributed by atoms with van der Waals surface area (Å²) in [5.74, 6) is 1.25. The van der Waals surface area contributed by atoms with Crippen LogP contribution < -0.4 is 20.5 Å². The Kier molecular flexibility index (Phi) is 4.98. The number of rotatable bonds is 5. The molecule has 0 unspecified atom stereocenters. The largest absolute Gasteiger partial charge is 0.496 e. The molecule has 7 nitrogen and oxygen atoms in total. The number of nitrogens with zero attached hydrogens (tertiary/aromatic N) is 2. The summed E-state index contributed by atoms with van der Waals surface area (Å²) in [6, 6.07) is 14.8. The number of benzene rings is 2. The molecule has 3 N–H and O–H groups in total. The molecule has 7 heteroatoms. The number of hydrogen-bond acceptors (Lipinski definition) is 5. The second-order valence-electron chi connectivity index (χ2n) is 5.34. The third-order valence-corrected chi connectivity index (χ3v) is 3.83. The molecule has 1 amide bonds. The molecule has 0 fully saturated rings. The van der Waals surface area contributed by atoms with Crippen molar-refractivity contribution in [3.05, 3.63) is 48.5 Å². The van der Waals surface area contributed by atoms with Crippen molar-refractivity contribution in [3.8, 4) is 22.8 Å². The molecule has 0 aliphatic heterocycles. The van der Waals surface area contributed by atoms with E-state index < -0.39 is 0 Å². The summed E-state index contributed by atoms with van der Waals surface area (Å²) in [5, 5.41) is 3.15. The number of nitrogens with one attached hydrogen (secondary N) is 1. The zero-order chi connectivity index (χ0) is 18.5. The van der Waals surface area contributed by atoms with Gasteiger partial charge in [0, 0.05) is 5.39 Å². The highest BCUT2D eigenvalue weighted by molar-refractivity contribution is 5.97. The van der Waals surface area contributed by atoms with Gasteiger partial charge in [-0.2, -0.15) is 0 Å². The van der Waals surface area contributed by atoms with Crippen molar-refractivity contribution in [1.82, 2.24) is 10.3 Å². The Morgan fingerprint density at radius 1 is 1.12 bits per heavy atom. The van der Waals surface area contributed by atoms with Crippen LogP contribution in [0.5, 0.6) is 11.5 Å². The molecule has 0 spiro atoms. The van der Waals surface area contributed by atoms with E-state index >= 15 is 0 Å². The Labute approximate surface area is 150 Å². The average molecular weight is 350 g/mol. The molecule has 0 atom stereocenters. The molecule has 132 valence electrons. The zero-order valence-corrected chi connectivity index (χ0v) is 14.4. The minimum atomic E-state index is -0.00528. The van der Waals surface area contributed by atoms with Crippen LogP contribution in [-0.2, 0) is 4.79 Å². The second kappa shape index (κ2) is 7.52. The molecule has 0 radical (unpaired) electrons. The third-order valence-electron chi connectivity index (χ3n) is 3.83. The van der Waals surface area contributed by atoms with Crippen molar-refractivity contribution < 1.29 is 14.3 Å². The number of guanidine groups is 1. The molecule has 0 bridgehead atoms. The number of ether oxygens (including phenoxy) is 2. The van der Waals surface area contributed by atoms with Gasteiger partial charge in [0.15, 0.2) is 5.96 Å². The fraction of sp³-hybridized carbons (Fsp3) is 0.105. The van der Waals surface area contributed by atoms with Crippen LogP contribution in [0, 0.1) is 0 Å². The van der Waals surface area contributed by atoms with Gasteiger partial charge in [0.1, 0.15) is 11.5 Å². The SMILES string of the molecule is COc1cccc(OC)c1-c1cc(N=C(N)NC=O)c2ccccc2n1. The van der Waals surface area contributed by atoms with E-state index in [0.717, 1.165) is 10.9 Å². The molecule has 2 aromatic carbocycles. The minimum absolute atomic E-state index is 0.00528. The number of aromatic nitrogens is 1. The van der Waals surface area contributed by atoms with Crippen LogP contribution in [0.15, 0.2) is 53.5 Å². The number of carbonyl (C=O) groups excluding carboxylic acids is 1. The number of methoxy groups -OCH3 is 2. The molecule has 26 heavy (non-hydrogen) atoms. The molecule has 0 saturated carbocycles. The number of nitrogens with two attached hydrogens (primary N) is 1. The topological polar surface area (TPSA) is 98.8 Å². The molecular formula is C19H18N4O3. The van der Waals surface area contributed by atoms with E-state index in [1.807, 2.05) is 42.5 Å². The van der Waals surface area contributed by atoms with Crippen LogP contribution in [0.3, 0.4) is 0 Å². The second-order valence-corrected chi connectivity index (χ2v) is 5.34. The zero-order valence-electron chi connectivity index (χ0n) is 14.4. The maximum absolute atomic E-state index is 10.6. The summed E-state index contributed by atoms with van der Waals surface area (Å²) in [7, 11) is 3.18. The number of fused-ring (bicyclic) bond motifs is 1. The van der Waals surface area contributed by atoms with Gasteiger partial charge in [0.2, 0.25) is 6.41 Å². The summed E-state index contributed by atoms with van der Waals surface area (Å²) >= 11 is 0. The number of aliphatic imine (C=N–C) groups is 1. The molecule has 0 aliphatic carbocycles. The quantitative estimate of drug-likeness (QED) is 0.419. The van der Waals surface area contributed by atoms with Crippen LogP contribution in [0.1, 0.15) is 0 Å². The number of carbonyl (C=O) groups is 1. The first-order valence-corrected chi connectivity index (χ1v) is 7.83.